The molecule has 300 valence electrons. The molecular weight excluding hydrogens is 747 g/mol. The maximum Gasteiger partial charge on any atom is 0.262 e. The van der Waals surface area contributed by atoms with Gasteiger partial charge in [-0.3, -0.25) is 43.4 Å². The molecule has 5 aromatic rings. The van der Waals surface area contributed by atoms with Crippen molar-refractivity contribution in [3.8, 4) is 28.4 Å². The first-order valence-electron chi connectivity index (χ1n) is 19.2. The van der Waals surface area contributed by atoms with E-state index in [-0.39, 0.29) is 47.8 Å². The summed E-state index contributed by atoms with van der Waals surface area (Å²) in [5, 5.41) is 9.86. The lowest BCUT2D eigenvalue weighted by Gasteiger charge is -2.39. The number of aromatic nitrogens is 5. The molecule has 2 aliphatic heterocycles. The minimum atomic E-state index is -0.902. The van der Waals surface area contributed by atoms with Gasteiger partial charge in [-0.1, -0.05) is 5.21 Å². The monoisotopic (exact) mass is 789 g/mol. The number of amides is 2. The number of pyridine rings is 2. The molecule has 5 heterocycles. The number of unbranched alkanes of at least 4 members (excludes halogenated alkanes) is 1. The van der Waals surface area contributed by atoms with Gasteiger partial charge in [-0.15, -0.1) is 5.10 Å². The van der Waals surface area contributed by atoms with Crippen molar-refractivity contribution in [1.29, 1.82) is 0 Å². The summed E-state index contributed by atoms with van der Waals surface area (Å²) in [5.74, 6) is 0.233. The number of hydrogen-bond acceptors (Lipinski definition) is 13. The highest BCUT2D eigenvalue weighted by molar-refractivity contribution is 6.23. The molecule has 1 aliphatic carbocycles. The highest BCUT2D eigenvalue weighted by Crippen LogP contribution is 2.38. The van der Waals surface area contributed by atoms with Crippen LogP contribution in [0.3, 0.4) is 0 Å². The standard InChI is InChI=1S/C42H43N7O9/c1-46-22-34(30-10-11-43-18-33(30)40(46)52)25-14-38(55-2)35(39(15-25)56-3)23-47-20-29(21-47)58-24-26-19-48(45-44-26)12-4-5-13-57-28-7-8-31-32(17-28)42(54)49(41(31)53)36-9-6-27(50)16-37(36)51/h7-8,10-11,14-15,17-19,22,29,36H,4-6,9,12-13,16,20-21,23-24H2,1-3H3. The van der Waals surface area contributed by atoms with Crippen LogP contribution in [0.15, 0.2) is 66.0 Å². The first kappa shape index (κ1) is 38.6. The van der Waals surface area contributed by atoms with Gasteiger partial charge in [0.1, 0.15) is 28.7 Å². The zero-order valence-electron chi connectivity index (χ0n) is 32.5. The lowest BCUT2D eigenvalue weighted by atomic mass is 9.92. The number of carbonyl (C=O) groups excluding carboxylic acids is 4. The molecule has 3 aliphatic rings. The molecule has 0 spiro atoms. The van der Waals surface area contributed by atoms with E-state index in [4.69, 9.17) is 18.9 Å². The molecule has 1 saturated heterocycles. The van der Waals surface area contributed by atoms with Crippen LogP contribution in [0.2, 0.25) is 0 Å². The van der Waals surface area contributed by atoms with Gasteiger partial charge in [-0.2, -0.15) is 0 Å². The normalized spacial score (nSPS) is 17.2. The van der Waals surface area contributed by atoms with E-state index >= 15 is 0 Å². The SMILES string of the molecule is COc1cc(-c2cn(C)c(=O)c3cnccc23)cc(OC)c1CN1CC(OCc2cn(CCCCOc3ccc4c(c3)C(=O)N(C3CCC(=O)CC3=O)C4=O)nn2)C1. The van der Waals surface area contributed by atoms with Gasteiger partial charge < -0.3 is 23.5 Å². The topological polar surface area (TPSA) is 177 Å². The number of imide groups is 1. The molecular formula is C42H43N7O9. The van der Waals surface area contributed by atoms with Crippen molar-refractivity contribution in [2.24, 2.45) is 7.05 Å². The Morgan fingerprint density at radius 3 is 2.40 bits per heavy atom. The second kappa shape index (κ2) is 16.3. The number of hydrogen-bond donors (Lipinski definition) is 0. The number of likely N-dealkylation sites (tertiary alicyclic amines) is 1. The Bertz CT molecular complexity index is 2460. The summed E-state index contributed by atoms with van der Waals surface area (Å²) in [6, 6.07) is 9.64. The first-order chi connectivity index (χ1) is 28.1. The van der Waals surface area contributed by atoms with Crippen LogP contribution < -0.4 is 19.8 Å². The molecule has 0 radical (unpaired) electrons. The van der Waals surface area contributed by atoms with E-state index < -0.39 is 23.6 Å². The maximum absolute atomic E-state index is 13.1. The van der Waals surface area contributed by atoms with E-state index in [1.54, 1.807) is 61.1 Å². The summed E-state index contributed by atoms with van der Waals surface area (Å²) < 4.78 is 27.0. The summed E-state index contributed by atoms with van der Waals surface area (Å²) in [6.45, 7) is 3.44. The van der Waals surface area contributed by atoms with E-state index in [9.17, 15) is 24.0 Å². The van der Waals surface area contributed by atoms with Crippen LogP contribution in [0.25, 0.3) is 21.9 Å². The molecule has 1 atom stereocenters. The summed E-state index contributed by atoms with van der Waals surface area (Å²) in [4.78, 5) is 70.3. The fourth-order valence-corrected chi connectivity index (χ4v) is 7.84. The Morgan fingerprint density at radius 2 is 1.64 bits per heavy atom. The van der Waals surface area contributed by atoms with Gasteiger partial charge >= 0.3 is 0 Å². The second-order valence-corrected chi connectivity index (χ2v) is 14.8. The molecule has 0 N–H and O–H groups in total. The van der Waals surface area contributed by atoms with Crippen LogP contribution in [-0.4, -0.2) is 104 Å². The highest BCUT2D eigenvalue weighted by atomic mass is 16.5. The number of carbonyl (C=O) groups is 4. The van der Waals surface area contributed by atoms with Crippen molar-refractivity contribution in [2.75, 3.05) is 33.9 Å². The van der Waals surface area contributed by atoms with Crippen LogP contribution in [0.4, 0.5) is 0 Å². The molecule has 2 fully saturated rings. The number of rotatable bonds is 15. The van der Waals surface area contributed by atoms with Crippen LogP contribution in [-0.2, 0) is 41.1 Å². The van der Waals surface area contributed by atoms with Gasteiger partial charge in [-0.25, -0.2) is 0 Å². The third kappa shape index (κ3) is 7.59. The number of benzene rings is 2. The lowest BCUT2D eigenvalue weighted by Crippen LogP contribution is -2.51. The second-order valence-electron chi connectivity index (χ2n) is 14.8. The number of methoxy groups -OCH3 is 2. The molecule has 58 heavy (non-hydrogen) atoms. The summed E-state index contributed by atoms with van der Waals surface area (Å²) in [5.41, 5.74) is 3.74. The summed E-state index contributed by atoms with van der Waals surface area (Å²) in [7, 11) is 5.01. The number of ketones is 2. The molecule has 1 unspecified atom stereocenters. The zero-order chi connectivity index (χ0) is 40.5. The van der Waals surface area contributed by atoms with Crippen molar-refractivity contribution in [1.82, 2.24) is 34.3 Å². The minimum absolute atomic E-state index is 0.0419. The molecule has 16 nitrogen and oxygen atoms in total. The molecule has 1 saturated carbocycles. The van der Waals surface area contributed by atoms with E-state index in [0.717, 1.165) is 52.2 Å². The van der Waals surface area contributed by atoms with Crippen LogP contribution in [0, 0.1) is 0 Å². The van der Waals surface area contributed by atoms with Gasteiger partial charge in [0.15, 0.2) is 5.78 Å². The predicted octanol–water partition coefficient (Wildman–Crippen LogP) is 3.76. The van der Waals surface area contributed by atoms with Crippen molar-refractivity contribution in [3.05, 3.63) is 93.9 Å². The first-order valence-corrected chi connectivity index (χ1v) is 19.2. The Morgan fingerprint density at radius 1 is 0.862 bits per heavy atom. The van der Waals surface area contributed by atoms with Crippen molar-refractivity contribution < 1.29 is 38.1 Å². The number of nitrogens with zero attached hydrogens (tertiary/aromatic N) is 7. The molecule has 2 aromatic carbocycles. The van der Waals surface area contributed by atoms with Gasteiger partial charge in [0, 0.05) is 63.8 Å². The summed E-state index contributed by atoms with van der Waals surface area (Å²) in [6.07, 6.45) is 8.58. The Labute approximate surface area is 333 Å². The van der Waals surface area contributed by atoms with Crippen LogP contribution >= 0.6 is 0 Å². The number of Topliss-reactive ketones (excluding diaryl/α,β-unsaturated/α-hetero) is 2. The highest BCUT2D eigenvalue weighted by Gasteiger charge is 2.44. The van der Waals surface area contributed by atoms with Gasteiger partial charge in [0.05, 0.1) is 74.3 Å². The number of fused-ring (bicyclic) bond motifs is 2. The quantitative estimate of drug-likeness (QED) is 0.0852. The lowest BCUT2D eigenvalue weighted by molar-refractivity contribution is -0.132. The zero-order valence-corrected chi connectivity index (χ0v) is 32.5. The fraction of sp³-hybridized carbons (Fsp3) is 0.381. The molecule has 8 rings (SSSR count). The summed E-state index contributed by atoms with van der Waals surface area (Å²) >= 11 is 0. The Balaban J connectivity index is 0.780. The third-order valence-corrected chi connectivity index (χ3v) is 11.0. The van der Waals surface area contributed by atoms with Crippen molar-refractivity contribution >= 4 is 34.2 Å². The number of ether oxygens (including phenoxy) is 4. The fourth-order valence-electron chi connectivity index (χ4n) is 7.84. The van der Waals surface area contributed by atoms with E-state index in [0.29, 0.717) is 55.4 Å². The minimum Gasteiger partial charge on any atom is -0.496 e. The van der Waals surface area contributed by atoms with Crippen molar-refractivity contribution in [2.45, 2.75) is 63.9 Å². The third-order valence-electron chi connectivity index (χ3n) is 11.0. The van der Waals surface area contributed by atoms with E-state index in [1.165, 1.54) is 0 Å². The van der Waals surface area contributed by atoms with Crippen LogP contribution in [0.5, 0.6) is 17.2 Å². The number of aryl methyl sites for hydroxylation is 2. The van der Waals surface area contributed by atoms with E-state index in [1.807, 2.05) is 30.6 Å². The largest absolute Gasteiger partial charge is 0.496 e. The predicted molar refractivity (Wildman–Crippen MR) is 209 cm³/mol. The molecule has 3 aromatic heterocycles. The smallest absolute Gasteiger partial charge is 0.262 e. The molecule has 2 amide bonds. The molecule has 0 bridgehead atoms. The van der Waals surface area contributed by atoms with Gasteiger partial charge in [0.2, 0.25) is 0 Å². The average Bonchev–Trinajstić information content (AvgIpc) is 3.77. The van der Waals surface area contributed by atoms with Crippen molar-refractivity contribution in [3.63, 3.8) is 0 Å². The Kier molecular flexibility index (Phi) is 10.9. The van der Waals surface area contributed by atoms with E-state index in [2.05, 4.69) is 20.2 Å². The molecule has 16 heteroatoms. The van der Waals surface area contributed by atoms with Gasteiger partial charge in [-0.05, 0) is 66.6 Å². The Hall–Kier alpha value is -6.26. The maximum atomic E-state index is 13.1. The van der Waals surface area contributed by atoms with Gasteiger partial charge in [0.25, 0.3) is 17.4 Å². The van der Waals surface area contributed by atoms with Crippen LogP contribution in [0.1, 0.15) is 64.1 Å². The average molecular weight is 790 g/mol.